The lowest BCUT2D eigenvalue weighted by atomic mass is 9.91. The highest BCUT2D eigenvalue weighted by molar-refractivity contribution is 7.99. The number of carbonyl (C=O) groups excluding carboxylic acids is 1. The van der Waals surface area contributed by atoms with Gasteiger partial charge in [0.2, 0.25) is 5.91 Å². The average Bonchev–Trinajstić information content (AvgIpc) is 2.78. The second kappa shape index (κ2) is 16.3. The second-order valence-electron chi connectivity index (χ2n) is 9.92. The molecule has 1 rings (SSSR count). The Kier molecular flexibility index (Phi) is 14.6. The van der Waals surface area contributed by atoms with Gasteiger partial charge < -0.3 is 35.2 Å². The maximum atomic E-state index is 12.0. The number of hydrogen-bond acceptors (Lipinski definition) is 8. The van der Waals surface area contributed by atoms with E-state index in [4.69, 9.17) is 14.6 Å². The summed E-state index contributed by atoms with van der Waals surface area (Å²) < 4.78 is 12.2. The van der Waals surface area contributed by atoms with Crippen LogP contribution >= 0.6 is 11.8 Å². The molecule has 5 N–H and O–H groups in total. The van der Waals surface area contributed by atoms with Crippen LogP contribution in [0.15, 0.2) is 18.2 Å². The number of benzene rings is 1. The van der Waals surface area contributed by atoms with Gasteiger partial charge in [-0.15, -0.1) is 0 Å². The molecule has 0 saturated heterocycles. The third kappa shape index (κ3) is 13.4. The first-order chi connectivity index (χ1) is 16.4. The Morgan fingerprint density at radius 2 is 1.86 bits per heavy atom. The highest BCUT2D eigenvalue weighted by Crippen LogP contribution is 2.26. The number of rotatable bonds is 18. The summed E-state index contributed by atoms with van der Waals surface area (Å²) in [6, 6.07) is 4.65. The molecule has 202 valence electrons. The van der Waals surface area contributed by atoms with Gasteiger partial charge >= 0.3 is 0 Å². The highest BCUT2D eigenvalue weighted by Gasteiger charge is 2.30. The highest BCUT2D eigenvalue weighted by atomic mass is 32.2. The monoisotopic (exact) mass is 515 g/mol. The average molecular weight is 516 g/mol. The number of amides is 1. The van der Waals surface area contributed by atoms with Crippen LogP contribution in [0.2, 0.25) is 0 Å². The SMILES string of the molecule is CC(C)C(C)C(COCCSCCC(=O)NCCc1ccc(O)c(O)c1)OC(C)(C)CC(O)CO. The summed E-state index contributed by atoms with van der Waals surface area (Å²) in [7, 11) is 0. The van der Waals surface area contributed by atoms with E-state index in [0.29, 0.717) is 50.7 Å². The quantitative estimate of drug-likeness (QED) is 0.149. The van der Waals surface area contributed by atoms with Crippen LogP contribution in [0.4, 0.5) is 0 Å². The van der Waals surface area contributed by atoms with Crippen LogP contribution in [0.3, 0.4) is 0 Å². The van der Waals surface area contributed by atoms with Gasteiger partial charge in [0, 0.05) is 30.9 Å². The van der Waals surface area contributed by atoms with Crippen LogP contribution in [0.1, 0.15) is 53.0 Å². The molecule has 9 heteroatoms. The van der Waals surface area contributed by atoms with Crippen molar-refractivity contribution in [3.63, 3.8) is 0 Å². The Morgan fingerprint density at radius 3 is 2.49 bits per heavy atom. The molecule has 8 nitrogen and oxygen atoms in total. The van der Waals surface area contributed by atoms with E-state index in [0.717, 1.165) is 11.3 Å². The molecule has 0 aromatic heterocycles. The number of aliphatic hydroxyl groups is 2. The third-order valence-corrected chi connectivity index (χ3v) is 6.90. The molecule has 0 aliphatic carbocycles. The number of phenolic OH excluding ortho intramolecular Hbond substituents is 2. The van der Waals surface area contributed by atoms with Crippen molar-refractivity contribution >= 4 is 17.7 Å². The van der Waals surface area contributed by atoms with E-state index in [1.54, 1.807) is 17.8 Å². The van der Waals surface area contributed by atoms with Gasteiger partial charge in [0.05, 0.1) is 37.6 Å². The van der Waals surface area contributed by atoms with E-state index in [1.165, 1.54) is 12.1 Å². The molecule has 0 spiro atoms. The number of aliphatic hydroxyl groups excluding tert-OH is 2. The molecule has 3 atom stereocenters. The number of carbonyl (C=O) groups is 1. The second-order valence-corrected chi connectivity index (χ2v) is 11.1. The molecular weight excluding hydrogens is 470 g/mol. The Bertz CT molecular complexity index is 744. The van der Waals surface area contributed by atoms with Crippen LogP contribution in [0.25, 0.3) is 0 Å². The van der Waals surface area contributed by atoms with E-state index < -0.39 is 11.7 Å². The smallest absolute Gasteiger partial charge is 0.220 e. The van der Waals surface area contributed by atoms with Crippen molar-refractivity contribution in [2.75, 3.05) is 37.9 Å². The molecule has 0 radical (unpaired) electrons. The minimum absolute atomic E-state index is 0.0204. The van der Waals surface area contributed by atoms with Crippen molar-refractivity contribution in [1.82, 2.24) is 5.32 Å². The molecule has 1 aromatic rings. The number of aromatic hydroxyl groups is 2. The summed E-state index contributed by atoms with van der Waals surface area (Å²) in [6.45, 7) is 11.5. The lowest BCUT2D eigenvalue weighted by Crippen LogP contribution is -2.41. The molecule has 3 unspecified atom stereocenters. The Hall–Kier alpha value is -1.52. The van der Waals surface area contributed by atoms with Crippen molar-refractivity contribution in [3.05, 3.63) is 23.8 Å². The Morgan fingerprint density at radius 1 is 1.14 bits per heavy atom. The molecule has 0 saturated carbocycles. The van der Waals surface area contributed by atoms with Crippen LogP contribution in [0, 0.1) is 11.8 Å². The number of thioether (sulfide) groups is 1. The van der Waals surface area contributed by atoms with Crippen LogP contribution in [-0.2, 0) is 20.7 Å². The molecular formula is C26H45NO7S. The molecule has 1 amide bonds. The van der Waals surface area contributed by atoms with E-state index in [2.05, 4.69) is 26.1 Å². The minimum Gasteiger partial charge on any atom is -0.504 e. The number of phenols is 2. The predicted molar refractivity (Wildman–Crippen MR) is 140 cm³/mol. The minimum atomic E-state index is -0.810. The Labute approximate surface area is 214 Å². The third-order valence-electron chi connectivity index (χ3n) is 5.95. The van der Waals surface area contributed by atoms with Gasteiger partial charge in [-0.1, -0.05) is 26.8 Å². The Balaban J connectivity index is 2.25. The van der Waals surface area contributed by atoms with Crippen LogP contribution in [0.5, 0.6) is 11.5 Å². The summed E-state index contributed by atoms with van der Waals surface area (Å²) in [6.07, 6.45) is 0.412. The fourth-order valence-electron chi connectivity index (χ4n) is 3.56. The first-order valence-electron chi connectivity index (χ1n) is 12.3. The van der Waals surface area contributed by atoms with Gasteiger partial charge in [-0.3, -0.25) is 4.79 Å². The molecule has 0 aliphatic rings. The van der Waals surface area contributed by atoms with Crippen molar-refractivity contribution in [2.24, 2.45) is 11.8 Å². The van der Waals surface area contributed by atoms with Crippen molar-refractivity contribution in [3.8, 4) is 11.5 Å². The lowest BCUT2D eigenvalue weighted by Gasteiger charge is -2.36. The van der Waals surface area contributed by atoms with E-state index >= 15 is 0 Å². The normalized spacial score (nSPS) is 14.6. The van der Waals surface area contributed by atoms with Gasteiger partial charge in [0.1, 0.15) is 0 Å². The fraction of sp³-hybridized carbons (Fsp3) is 0.731. The largest absolute Gasteiger partial charge is 0.504 e. The van der Waals surface area contributed by atoms with Gasteiger partial charge in [-0.25, -0.2) is 0 Å². The van der Waals surface area contributed by atoms with Gasteiger partial charge in [0.15, 0.2) is 11.5 Å². The zero-order valence-electron chi connectivity index (χ0n) is 21.8. The van der Waals surface area contributed by atoms with E-state index in [-0.39, 0.29) is 36.0 Å². The summed E-state index contributed by atoms with van der Waals surface area (Å²) in [5.74, 6) is 1.82. The standard InChI is InChI=1S/C26H45NO7S/c1-18(2)19(3)24(34-26(4,5)15-21(29)16-28)17-33-11-13-35-12-9-25(32)27-10-8-20-6-7-22(30)23(31)14-20/h6-7,14,18-19,21,24,28-31H,8-13,15-17H2,1-5H3,(H,27,32). The fourth-order valence-corrected chi connectivity index (χ4v) is 4.33. The summed E-state index contributed by atoms with van der Waals surface area (Å²) in [4.78, 5) is 12.0. The molecule has 1 aromatic carbocycles. The maximum absolute atomic E-state index is 12.0. The molecule has 35 heavy (non-hydrogen) atoms. The summed E-state index contributed by atoms with van der Waals surface area (Å²) in [5, 5.41) is 40.7. The van der Waals surface area contributed by atoms with Gasteiger partial charge in [-0.2, -0.15) is 11.8 Å². The molecule has 0 fully saturated rings. The van der Waals surface area contributed by atoms with Gasteiger partial charge in [0.25, 0.3) is 0 Å². The van der Waals surface area contributed by atoms with Gasteiger partial charge in [-0.05, 0) is 49.8 Å². The number of nitrogens with one attached hydrogen (secondary N) is 1. The molecule has 0 heterocycles. The molecule has 0 bridgehead atoms. The summed E-state index contributed by atoms with van der Waals surface area (Å²) >= 11 is 1.66. The first-order valence-corrected chi connectivity index (χ1v) is 13.5. The number of hydrogen-bond donors (Lipinski definition) is 5. The first kappa shape index (κ1) is 31.5. The number of ether oxygens (including phenoxy) is 2. The zero-order chi connectivity index (χ0) is 26.4. The predicted octanol–water partition coefficient (Wildman–Crippen LogP) is 3.10. The van der Waals surface area contributed by atoms with Crippen molar-refractivity contribution < 1.29 is 34.7 Å². The maximum Gasteiger partial charge on any atom is 0.220 e. The van der Waals surface area contributed by atoms with Crippen molar-refractivity contribution in [2.45, 2.75) is 71.7 Å². The van der Waals surface area contributed by atoms with E-state index in [1.807, 2.05) is 13.8 Å². The zero-order valence-corrected chi connectivity index (χ0v) is 22.6. The van der Waals surface area contributed by atoms with Crippen LogP contribution in [-0.4, -0.2) is 82.0 Å². The topological polar surface area (TPSA) is 128 Å². The summed E-state index contributed by atoms with van der Waals surface area (Å²) in [5.41, 5.74) is 0.263. The lowest BCUT2D eigenvalue weighted by molar-refractivity contribution is -0.141. The van der Waals surface area contributed by atoms with E-state index in [9.17, 15) is 20.1 Å². The van der Waals surface area contributed by atoms with Crippen molar-refractivity contribution in [1.29, 1.82) is 0 Å². The molecule has 0 aliphatic heterocycles. The van der Waals surface area contributed by atoms with Crippen LogP contribution < -0.4 is 5.32 Å².